The molecule has 0 aromatic heterocycles. The van der Waals surface area contributed by atoms with E-state index in [1.165, 1.54) is 24.3 Å². The van der Waals surface area contributed by atoms with Crippen molar-refractivity contribution in [3.8, 4) is 5.75 Å². The van der Waals surface area contributed by atoms with Gasteiger partial charge < -0.3 is 15.0 Å². The monoisotopic (exact) mass is 404 g/mol. The summed E-state index contributed by atoms with van der Waals surface area (Å²) in [6.45, 7) is 0.851. The van der Waals surface area contributed by atoms with Gasteiger partial charge in [-0.1, -0.05) is 18.2 Å². The number of carbonyl (C=O) groups is 2. The highest BCUT2D eigenvalue weighted by atomic mass is 19.1. The molecule has 3 aromatic carbocycles. The fraction of sp³-hybridized carbons (Fsp3) is 0.167. The SMILES string of the molecule is COc1cccc(CNC(=O)c2cccc3c2CCN3C(=O)c2ccc(F)cc2)c1. The maximum absolute atomic E-state index is 13.2. The zero-order chi connectivity index (χ0) is 21.1. The normalized spacial score (nSPS) is 12.4. The van der Waals surface area contributed by atoms with Gasteiger partial charge in [0.2, 0.25) is 0 Å². The van der Waals surface area contributed by atoms with Gasteiger partial charge in [-0.25, -0.2) is 4.39 Å². The number of benzene rings is 3. The number of nitrogens with zero attached hydrogens (tertiary/aromatic N) is 1. The minimum atomic E-state index is -0.386. The number of methoxy groups -OCH3 is 1. The van der Waals surface area contributed by atoms with Gasteiger partial charge in [-0.3, -0.25) is 9.59 Å². The average molecular weight is 404 g/mol. The number of ether oxygens (including phenoxy) is 1. The van der Waals surface area contributed by atoms with Gasteiger partial charge in [-0.15, -0.1) is 0 Å². The van der Waals surface area contributed by atoms with Crippen LogP contribution in [0.5, 0.6) is 5.75 Å². The summed E-state index contributed by atoms with van der Waals surface area (Å²) < 4.78 is 18.4. The van der Waals surface area contributed by atoms with Crippen LogP contribution in [0.2, 0.25) is 0 Å². The lowest BCUT2D eigenvalue weighted by molar-refractivity contribution is 0.0948. The summed E-state index contributed by atoms with van der Waals surface area (Å²) in [4.78, 5) is 27.3. The Morgan fingerprint density at radius 3 is 2.60 bits per heavy atom. The Labute approximate surface area is 174 Å². The van der Waals surface area contributed by atoms with Crippen LogP contribution >= 0.6 is 0 Å². The van der Waals surface area contributed by atoms with E-state index >= 15 is 0 Å². The molecule has 30 heavy (non-hydrogen) atoms. The number of carbonyl (C=O) groups excluding carboxylic acids is 2. The zero-order valence-electron chi connectivity index (χ0n) is 16.5. The predicted molar refractivity (Wildman–Crippen MR) is 112 cm³/mol. The van der Waals surface area contributed by atoms with E-state index in [0.717, 1.165) is 22.6 Å². The molecule has 152 valence electrons. The van der Waals surface area contributed by atoms with E-state index in [4.69, 9.17) is 4.74 Å². The minimum Gasteiger partial charge on any atom is -0.497 e. The van der Waals surface area contributed by atoms with E-state index in [1.807, 2.05) is 30.3 Å². The van der Waals surface area contributed by atoms with Crippen molar-refractivity contribution in [1.29, 1.82) is 0 Å². The third-order valence-electron chi connectivity index (χ3n) is 5.20. The first-order chi connectivity index (χ1) is 14.6. The summed E-state index contributed by atoms with van der Waals surface area (Å²) in [6.07, 6.45) is 0.588. The smallest absolute Gasteiger partial charge is 0.258 e. The number of amides is 2. The van der Waals surface area contributed by atoms with Gasteiger partial charge in [0, 0.05) is 29.9 Å². The van der Waals surface area contributed by atoms with E-state index < -0.39 is 0 Å². The van der Waals surface area contributed by atoms with Gasteiger partial charge in [-0.2, -0.15) is 0 Å². The Balaban J connectivity index is 1.52. The second kappa shape index (κ2) is 8.37. The van der Waals surface area contributed by atoms with Gasteiger partial charge in [0.25, 0.3) is 11.8 Å². The number of rotatable bonds is 5. The summed E-state index contributed by atoms with van der Waals surface area (Å²) in [5.41, 5.74) is 3.47. The molecule has 1 N–H and O–H groups in total. The lowest BCUT2D eigenvalue weighted by Crippen LogP contribution is -2.28. The Morgan fingerprint density at radius 1 is 1.07 bits per heavy atom. The number of hydrogen-bond acceptors (Lipinski definition) is 3. The number of nitrogens with one attached hydrogen (secondary N) is 1. The van der Waals surface area contributed by atoms with Crippen LogP contribution in [0.25, 0.3) is 0 Å². The molecule has 4 rings (SSSR count). The molecule has 3 aromatic rings. The average Bonchev–Trinajstić information content (AvgIpc) is 3.22. The van der Waals surface area contributed by atoms with Crippen molar-refractivity contribution in [3.63, 3.8) is 0 Å². The number of halogens is 1. The maximum Gasteiger partial charge on any atom is 0.258 e. The third-order valence-corrected chi connectivity index (χ3v) is 5.20. The molecular formula is C24H21FN2O3. The first-order valence-electron chi connectivity index (χ1n) is 9.67. The fourth-order valence-corrected chi connectivity index (χ4v) is 3.67. The third kappa shape index (κ3) is 3.89. The van der Waals surface area contributed by atoms with Crippen LogP contribution in [0.4, 0.5) is 10.1 Å². The number of fused-ring (bicyclic) bond motifs is 1. The van der Waals surface area contributed by atoms with Crippen molar-refractivity contribution in [3.05, 3.63) is 94.8 Å². The second-order valence-electron chi connectivity index (χ2n) is 7.05. The van der Waals surface area contributed by atoms with Crippen molar-refractivity contribution in [1.82, 2.24) is 5.32 Å². The highest BCUT2D eigenvalue weighted by Gasteiger charge is 2.28. The lowest BCUT2D eigenvalue weighted by Gasteiger charge is -2.18. The van der Waals surface area contributed by atoms with Crippen LogP contribution in [0.1, 0.15) is 31.8 Å². The molecule has 0 saturated heterocycles. The summed E-state index contributed by atoms with van der Waals surface area (Å²) >= 11 is 0. The molecule has 2 amide bonds. The lowest BCUT2D eigenvalue weighted by atomic mass is 10.0. The largest absolute Gasteiger partial charge is 0.497 e. The molecule has 0 radical (unpaired) electrons. The van der Waals surface area contributed by atoms with Gasteiger partial charge >= 0.3 is 0 Å². The molecule has 0 atom stereocenters. The maximum atomic E-state index is 13.2. The first kappa shape index (κ1) is 19.6. The molecular weight excluding hydrogens is 383 g/mol. The Morgan fingerprint density at radius 2 is 1.83 bits per heavy atom. The summed E-state index contributed by atoms with van der Waals surface area (Å²) in [6, 6.07) is 18.4. The quantitative estimate of drug-likeness (QED) is 0.700. The van der Waals surface area contributed by atoms with Crippen LogP contribution in [0.3, 0.4) is 0 Å². The van der Waals surface area contributed by atoms with E-state index in [0.29, 0.717) is 30.6 Å². The standard InChI is InChI=1S/C24H21FN2O3/c1-30-19-5-2-4-16(14-19)15-26-23(28)21-6-3-7-22-20(21)12-13-27(22)24(29)17-8-10-18(25)11-9-17/h2-11,14H,12-13,15H2,1H3,(H,26,28). The van der Waals surface area contributed by atoms with Crippen molar-refractivity contribution in [2.24, 2.45) is 0 Å². The molecule has 1 aliphatic rings. The Kier molecular flexibility index (Phi) is 5.48. The Hall–Kier alpha value is -3.67. The fourth-order valence-electron chi connectivity index (χ4n) is 3.67. The molecule has 0 bridgehead atoms. The Bertz CT molecular complexity index is 1100. The topological polar surface area (TPSA) is 58.6 Å². The zero-order valence-corrected chi connectivity index (χ0v) is 16.5. The van der Waals surface area contributed by atoms with Gasteiger partial charge in [0.05, 0.1) is 7.11 Å². The first-order valence-corrected chi connectivity index (χ1v) is 9.67. The van der Waals surface area contributed by atoms with Crippen molar-refractivity contribution < 1.29 is 18.7 Å². The van der Waals surface area contributed by atoms with E-state index in [-0.39, 0.29) is 17.6 Å². The molecule has 5 nitrogen and oxygen atoms in total. The van der Waals surface area contributed by atoms with Crippen molar-refractivity contribution >= 4 is 17.5 Å². The van der Waals surface area contributed by atoms with Crippen molar-refractivity contribution in [2.45, 2.75) is 13.0 Å². The van der Waals surface area contributed by atoms with Gasteiger partial charge in [0.1, 0.15) is 11.6 Å². The molecule has 1 aliphatic heterocycles. The highest BCUT2D eigenvalue weighted by Crippen LogP contribution is 2.32. The molecule has 0 spiro atoms. The number of anilines is 1. The van der Waals surface area contributed by atoms with Crippen LogP contribution in [-0.2, 0) is 13.0 Å². The van der Waals surface area contributed by atoms with Crippen LogP contribution in [0.15, 0.2) is 66.7 Å². The van der Waals surface area contributed by atoms with E-state index in [2.05, 4.69) is 5.32 Å². The summed E-state index contributed by atoms with van der Waals surface area (Å²) in [7, 11) is 1.60. The predicted octanol–water partition coefficient (Wildman–Crippen LogP) is 3.97. The van der Waals surface area contributed by atoms with Crippen molar-refractivity contribution in [2.75, 3.05) is 18.6 Å². The molecule has 0 unspecified atom stereocenters. The van der Waals surface area contributed by atoms with Crippen LogP contribution in [0, 0.1) is 5.82 Å². The van der Waals surface area contributed by atoms with E-state index in [1.54, 1.807) is 24.1 Å². The minimum absolute atomic E-state index is 0.189. The molecule has 1 heterocycles. The van der Waals surface area contributed by atoms with Gasteiger partial charge in [-0.05, 0) is 66.1 Å². The van der Waals surface area contributed by atoms with Crippen LogP contribution in [-0.4, -0.2) is 25.5 Å². The number of hydrogen-bond donors (Lipinski definition) is 1. The molecule has 0 aliphatic carbocycles. The molecule has 0 fully saturated rings. The molecule has 6 heteroatoms. The van der Waals surface area contributed by atoms with Gasteiger partial charge in [0.15, 0.2) is 0 Å². The molecule has 0 saturated carbocycles. The highest BCUT2D eigenvalue weighted by molar-refractivity contribution is 6.08. The summed E-state index contributed by atoms with van der Waals surface area (Å²) in [5.74, 6) is -0.0471. The summed E-state index contributed by atoms with van der Waals surface area (Å²) in [5, 5.41) is 2.94. The van der Waals surface area contributed by atoms with E-state index in [9.17, 15) is 14.0 Å². The second-order valence-corrected chi connectivity index (χ2v) is 7.05. The van der Waals surface area contributed by atoms with Crippen LogP contribution < -0.4 is 15.0 Å².